The first kappa shape index (κ1) is 38.1. The van der Waals surface area contributed by atoms with Crippen molar-refractivity contribution in [1.29, 1.82) is 0 Å². The number of allylic oxidation sites excluding steroid dienone is 1. The predicted molar refractivity (Wildman–Crippen MR) is 194 cm³/mol. The summed E-state index contributed by atoms with van der Waals surface area (Å²) < 4.78 is 11.7. The van der Waals surface area contributed by atoms with E-state index in [0.717, 1.165) is 37.5 Å². The van der Waals surface area contributed by atoms with Crippen LogP contribution in [-0.4, -0.2) is 60.7 Å². The van der Waals surface area contributed by atoms with Gasteiger partial charge in [0.25, 0.3) is 0 Å². The van der Waals surface area contributed by atoms with Crippen molar-refractivity contribution in [3.63, 3.8) is 0 Å². The monoisotopic (exact) mass is 673 g/mol. The van der Waals surface area contributed by atoms with E-state index in [4.69, 9.17) is 9.47 Å². The number of amides is 1. The molecule has 0 spiro atoms. The third-order valence-corrected chi connectivity index (χ3v) is 13.7. The van der Waals surface area contributed by atoms with Gasteiger partial charge in [0.15, 0.2) is 0 Å². The van der Waals surface area contributed by atoms with Crippen LogP contribution in [0.2, 0.25) is 0 Å². The Kier molecular flexibility index (Phi) is 13.4. The van der Waals surface area contributed by atoms with Gasteiger partial charge in [0.2, 0.25) is 0 Å². The van der Waals surface area contributed by atoms with Gasteiger partial charge in [0.05, 0.1) is 37.3 Å². The minimum absolute atomic E-state index is 0.0197. The maximum Gasteiger partial charge on any atom is 0.407 e. The standard InChI is InChI=1S/C40H72N4O4/c1-24(2)29-10-9-11-30(22-29)40(7,8)44-39(46)48-19-18-47-31-14-17-34(35(45)23-31)38-42-36(32-15-12-25(3)20-27(32)5)41-37(43-38)33-16-13-26(4)21-28(33)6/h25-38,41-43,45H,1,9-23H2,2-8H3,(H,44,46). The van der Waals surface area contributed by atoms with Crippen LogP contribution in [0.15, 0.2) is 12.2 Å². The van der Waals surface area contributed by atoms with Gasteiger partial charge in [-0.05, 0) is 132 Å². The van der Waals surface area contributed by atoms with E-state index in [1.165, 1.54) is 56.9 Å². The topological polar surface area (TPSA) is 104 Å². The van der Waals surface area contributed by atoms with Crippen LogP contribution in [-0.2, 0) is 9.47 Å². The molecule has 0 aromatic carbocycles. The average Bonchev–Trinajstić information content (AvgIpc) is 3.03. The second-order valence-electron chi connectivity index (χ2n) is 18.0. The summed E-state index contributed by atoms with van der Waals surface area (Å²) in [6.07, 6.45) is 14.5. The van der Waals surface area contributed by atoms with Gasteiger partial charge in [-0.1, -0.05) is 59.1 Å². The fraction of sp³-hybridized carbons (Fsp3) is 0.925. The zero-order chi connectivity index (χ0) is 34.6. The lowest BCUT2D eigenvalue weighted by Gasteiger charge is -2.52. The van der Waals surface area contributed by atoms with Crippen LogP contribution >= 0.6 is 0 Å². The third-order valence-electron chi connectivity index (χ3n) is 13.7. The SMILES string of the molecule is C=C(C)C1CCCC(C(C)(C)NC(=O)OCCOC2CCC(C3NC(C4CCC(C)CC4C)NC(C4CCC(C)CC4C)N3)C(O)C2)C1. The molecule has 8 heteroatoms. The Hall–Kier alpha value is -1.19. The Morgan fingerprint density at radius 1 is 0.771 bits per heavy atom. The molecule has 0 aromatic heterocycles. The largest absolute Gasteiger partial charge is 0.447 e. The first-order valence-electron chi connectivity index (χ1n) is 20.0. The minimum atomic E-state index is -0.440. The predicted octanol–water partition coefficient (Wildman–Crippen LogP) is 7.33. The number of carbonyl (C=O) groups excluding carboxylic acids is 1. The number of aliphatic hydroxyl groups excluding tert-OH is 1. The second-order valence-corrected chi connectivity index (χ2v) is 18.0. The van der Waals surface area contributed by atoms with E-state index >= 15 is 0 Å². The van der Waals surface area contributed by atoms with Gasteiger partial charge >= 0.3 is 6.09 Å². The molecule has 1 aliphatic heterocycles. The number of hydrogen-bond donors (Lipinski definition) is 5. The summed E-state index contributed by atoms with van der Waals surface area (Å²) in [6, 6.07) is 0. The quantitative estimate of drug-likeness (QED) is 0.122. The zero-order valence-corrected chi connectivity index (χ0v) is 31.6. The average molecular weight is 673 g/mol. The first-order valence-corrected chi connectivity index (χ1v) is 20.0. The molecular formula is C40H72N4O4. The van der Waals surface area contributed by atoms with E-state index < -0.39 is 6.10 Å². The molecule has 13 unspecified atom stereocenters. The number of alkyl carbamates (subject to hydrolysis) is 1. The summed E-state index contributed by atoms with van der Waals surface area (Å²) in [5, 5.41) is 26.7. The Bertz CT molecular complexity index is 1020. The summed E-state index contributed by atoms with van der Waals surface area (Å²) >= 11 is 0. The number of aliphatic hydroxyl groups is 1. The van der Waals surface area contributed by atoms with Gasteiger partial charge in [-0.3, -0.25) is 16.0 Å². The molecule has 4 saturated carbocycles. The summed E-state index contributed by atoms with van der Waals surface area (Å²) in [7, 11) is 0. The number of nitrogens with one attached hydrogen (secondary N) is 4. The smallest absolute Gasteiger partial charge is 0.407 e. The van der Waals surface area contributed by atoms with Crippen LogP contribution < -0.4 is 21.3 Å². The molecule has 5 rings (SSSR count). The maximum atomic E-state index is 12.7. The Morgan fingerprint density at radius 3 is 1.88 bits per heavy atom. The molecule has 5 fully saturated rings. The van der Waals surface area contributed by atoms with E-state index in [-0.39, 0.29) is 48.8 Å². The van der Waals surface area contributed by atoms with Crippen molar-refractivity contribution in [1.82, 2.24) is 21.3 Å². The molecule has 0 aromatic rings. The number of hydrogen-bond acceptors (Lipinski definition) is 7. The first-order chi connectivity index (χ1) is 22.8. The fourth-order valence-corrected chi connectivity index (χ4v) is 10.6. The van der Waals surface area contributed by atoms with E-state index in [1.807, 2.05) is 0 Å². The molecule has 1 amide bonds. The zero-order valence-electron chi connectivity index (χ0n) is 31.6. The van der Waals surface area contributed by atoms with Crippen molar-refractivity contribution < 1.29 is 19.4 Å². The van der Waals surface area contributed by atoms with E-state index in [9.17, 15) is 9.90 Å². The van der Waals surface area contributed by atoms with Crippen molar-refractivity contribution in [2.75, 3.05) is 13.2 Å². The third kappa shape index (κ3) is 9.77. The van der Waals surface area contributed by atoms with E-state index in [1.54, 1.807) is 0 Å². The lowest BCUT2D eigenvalue weighted by atomic mass is 9.71. The van der Waals surface area contributed by atoms with E-state index in [2.05, 4.69) is 76.3 Å². The normalized spacial score (nSPS) is 42.9. The van der Waals surface area contributed by atoms with Crippen molar-refractivity contribution in [2.24, 2.45) is 53.3 Å². The summed E-state index contributed by atoms with van der Waals surface area (Å²) in [5.41, 5.74) is 0.920. The Morgan fingerprint density at radius 2 is 1.33 bits per heavy atom. The summed E-state index contributed by atoms with van der Waals surface area (Å²) in [5.74, 6) is 5.31. The number of rotatable bonds is 10. The molecule has 276 valence electrons. The minimum Gasteiger partial charge on any atom is -0.447 e. The molecule has 13 atom stereocenters. The molecule has 4 aliphatic carbocycles. The van der Waals surface area contributed by atoms with Crippen molar-refractivity contribution in [2.45, 2.75) is 168 Å². The molecule has 0 radical (unpaired) electrons. The molecule has 0 bridgehead atoms. The van der Waals surface area contributed by atoms with Crippen LogP contribution in [0.4, 0.5) is 4.79 Å². The van der Waals surface area contributed by atoms with Gasteiger partial charge in [-0.2, -0.15) is 0 Å². The highest BCUT2D eigenvalue weighted by Gasteiger charge is 2.45. The fourth-order valence-electron chi connectivity index (χ4n) is 10.6. The van der Waals surface area contributed by atoms with Gasteiger partial charge in [-0.25, -0.2) is 4.79 Å². The van der Waals surface area contributed by atoms with Crippen LogP contribution in [0.25, 0.3) is 0 Å². The lowest BCUT2D eigenvalue weighted by Crippen LogP contribution is -2.74. The Balaban J connectivity index is 1.09. The summed E-state index contributed by atoms with van der Waals surface area (Å²) in [4.78, 5) is 12.7. The van der Waals surface area contributed by atoms with Crippen molar-refractivity contribution >= 4 is 6.09 Å². The molecular weight excluding hydrogens is 600 g/mol. The molecule has 48 heavy (non-hydrogen) atoms. The molecule has 1 heterocycles. The lowest BCUT2D eigenvalue weighted by molar-refractivity contribution is -0.0700. The highest BCUT2D eigenvalue weighted by molar-refractivity contribution is 5.68. The van der Waals surface area contributed by atoms with Crippen LogP contribution in [0.5, 0.6) is 0 Å². The molecule has 5 aliphatic rings. The van der Waals surface area contributed by atoms with Crippen LogP contribution in [0, 0.1) is 53.3 Å². The van der Waals surface area contributed by atoms with Gasteiger partial charge in [0.1, 0.15) is 6.61 Å². The van der Waals surface area contributed by atoms with Crippen LogP contribution in [0.3, 0.4) is 0 Å². The number of carbonyl (C=O) groups is 1. The molecule has 1 saturated heterocycles. The number of ether oxygens (including phenoxy) is 2. The maximum absolute atomic E-state index is 12.7. The second kappa shape index (κ2) is 16.9. The van der Waals surface area contributed by atoms with Gasteiger partial charge in [-0.15, -0.1) is 0 Å². The van der Waals surface area contributed by atoms with Gasteiger partial charge < -0.3 is 19.9 Å². The van der Waals surface area contributed by atoms with Crippen LogP contribution in [0.1, 0.15) is 132 Å². The Labute approximate surface area is 293 Å². The highest BCUT2D eigenvalue weighted by Crippen LogP contribution is 2.41. The van der Waals surface area contributed by atoms with Crippen molar-refractivity contribution in [3.8, 4) is 0 Å². The molecule has 8 nitrogen and oxygen atoms in total. The highest BCUT2D eigenvalue weighted by atomic mass is 16.6. The van der Waals surface area contributed by atoms with E-state index in [0.29, 0.717) is 48.5 Å². The van der Waals surface area contributed by atoms with Crippen molar-refractivity contribution in [3.05, 3.63) is 12.2 Å². The molecule has 5 N–H and O–H groups in total. The van der Waals surface area contributed by atoms with Gasteiger partial charge in [0, 0.05) is 11.5 Å². The summed E-state index contributed by atoms with van der Waals surface area (Å²) in [6.45, 7) is 20.8.